The van der Waals surface area contributed by atoms with Gasteiger partial charge in [-0.15, -0.1) is 0 Å². The van der Waals surface area contributed by atoms with E-state index >= 15 is 0 Å². The number of halogens is 3. The van der Waals surface area contributed by atoms with Crippen molar-refractivity contribution in [3.8, 4) is 5.82 Å². The van der Waals surface area contributed by atoms with Crippen molar-refractivity contribution in [2.24, 2.45) is 7.05 Å². The number of alkyl halides is 3. The van der Waals surface area contributed by atoms with Gasteiger partial charge in [0.1, 0.15) is 4.90 Å². The van der Waals surface area contributed by atoms with E-state index in [0.717, 1.165) is 46.3 Å². The molecule has 0 saturated heterocycles. The fourth-order valence-corrected chi connectivity index (χ4v) is 3.69. The minimum atomic E-state index is -4.55. The normalized spacial score (nSPS) is 12.4. The summed E-state index contributed by atoms with van der Waals surface area (Å²) >= 11 is 0. The molecule has 3 heterocycles. The molecule has 12 heteroatoms. The molecule has 0 amide bonds. The van der Waals surface area contributed by atoms with Crippen LogP contribution in [0.2, 0.25) is 0 Å². The van der Waals surface area contributed by atoms with Crippen LogP contribution < -0.4 is 4.72 Å². The molecule has 1 aromatic carbocycles. The number of nitrogens with one attached hydrogen (secondary N) is 1. The van der Waals surface area contributed by atoms with E-state index in [1.165, 1.54) is 0 Å². The van der Waals surface area contributed by atoms with Gasteiger partial charge < -0.3 is 0 Å². The van der Waals surface area contributed by atoms with E-state index in [0.29, 0.717) is 5.69 Å². The van der Waals surface area contributed by atoms with E-state index in [4.69, 9.17) is 0 Å². The molecule has 1 N–H and O–H groups in total. The maximum atomic E-state index is 12.9. The zero-order chi connectivity index (χ0) is 20.8. The first-order valence-electron chi connectivity index (χ1n) is 8.16. The first kappa shape index (κ1) is 18.9. The fourth-order valence-electron chi connectivity index (χ4n) is 2.71. The minimum Gasteiger partial charge on any atom is -0.279 e. The number of anilines is 1. The zero-order valence-electron chi connectivity index (χ0n) is 14.8. The van der Waals surface area contributed by atoms with Crippen LogP contribution in [0.3, 0.4) is 0 Å². The van der Waals surface area contributed by atoms with Crippen LogP contribution in [0, 0.1) is 0 Å². The number of fused-ring (bicyclic) bond motifs is 1. The summed E-state index contributed by atoms with van der Waals surface area (Å²) in [6.07, 6.45) is 0.209. The molecule has 0 bridgehead atoms. The SMILES string of the molecule is Cn1ncc2ccc(NS(=O)(=O)c3cnn(-c4cc(C(F)(F)F)ccn4)c3)cc21. The molecule has 4 rings (SSSR count). The Bertz CT molecular complexity index is 1310. The molecule has 0 atom stereocenters. The van der Waals surface area contributed by atoms with Gasteiger partial charge in [0.15, 0.2) is 5.82 Å². The van der Waals surface area contributed by atoms with Gasteiger partial charge in [-0.3, -0.25) is 9.40 Å². The first-order valence-corrected chi connectivity index (χ1v) is 9.65. The first-order chi connectivity index (χ1) is 13.6. The van der Waals surface area contributed by atoms with Crippen LogP contribution in [0.1, 0.15) is 5.56 Å². The summed E-state index contributed by atoms with van der Waals surface area (Å²) in [5.74, 6) is -0.155. The highest BCUT2D eigenvalue weighted by Crippen LogP contribution is 2.29. The highest BCUT2D eigenvalue weighted by molar-refractivity contribution is 7.92. The number of aromatic nitrogens is 5. The maximum absolute atomic E-state index is 12.9. The third-order valence-electron chi connectivity index (χ3n) is 4.18. The molecule has 0 unspecified atom stereocenters. The van der Waals surface area contributed by atoms with Crippen molar-refractivity contribution in [1.82, 2.24) is 24.5 Å². The monoisotopic (exact) mass is 422 g/mol. The zero-order valence-corrected chi connectivity index (χ0v) is 15.6. The van der Waals surface area contributed by atoms with E-state index in [1.54, 1.807) is 36.1 Å². The third kappa shape index (κ3) is 3.66. The Morgan fingerprint density at radius 3 is 2.62 bits per heavy atom. The fraction of sp³-hybridized carbons (Fsp3) is 0.118. The summed E-state index contributed by atoms with van der Waals surface area (Å²) in [4.78, 5) is 3.60. The largest absolute Gasteiger partial charge is 0.416 e. The van der Waals surface area contributed by atoms with Crippen LogP contribution in [0.15, 0.2) is 60.0 Å². The van der Waals surface area contributed by atoms with Crippen molar-refractivity contribution in [2.75, 3.05) is 4.72 Å². The Balaban J connectivity index is 1.63. The molecule has 3 aromatic heterocycles. The Morgan fingerprint density at radius 1 is 1.07 bits per heavy atom. The lowest BCUT2D eigenvalue weighted by molar-refractivity contribution is -0.137. The average Bonchev–Trinajstić information content (AvgIpc) is 3.29. The van der Waals surface area contributed by atoms with E-state index < -0.39 is 21.8 Å². The van der Waals surface area contributed by atoms with Gasteiger partial charge in [0, 0.05) is 18.6 Å². The Hall–Kier alpha value is -3.41. The van der Waals surface area contributed by atoms with Crippen LogP contribution in [0.4, 0.5) is 18.9 Å². The van der Waals surface area contributed by atoms with E-state index in [9.17, 15) is 21.6 Å². The molecule has 0 aliphatic heterocycles. The Kier molecular flexibility index (Phi) is 4.30. The number of rotatable bonds is 4. The standard InChI is InChI=1S/C17H13F3N6O2S/c1-25-15-7-13(3-2-11(15)8-22-25)24-29(27,28)14-9-23-26(10-14)16-6-12(4-5-21-16)17(18,19)20/h2-10,24H,1H3. The van der Waals surface area contributed by atoms with Crippen molar-refractivity contribution in [2.45, 2.75) is 11.1 Å². The minimum absolute atomic E-state index is 0.155. The summed E-state index contributed by atoms with van der Waals surface area (Å²) < 4.78 is 68.9. The van der Waals surface area contributed by atoms with Gasteiger partial charge in [0.25, 0.3) is 10.0 Å². The highest BCUT2D eigenvalue weighted by atomic mass is 32.2. The second-order valence-corrected chi connectivity index (χ2v) is 7.85. The van der Waals surface area contributed by atoms with Crippen LogP contribution in [-0.2, 0) is 23.2 Å². The molecular weight excluding hydrogens is 409 g/mol. The highest BCUT2D eigenvalue weighted by Gasteiger charge is 2.31. The van der Waals surface area contributed by atoms with Crippen molar-refractivity contribution in [3.63, 3.8) is 0 Å². The van der Waals surface area contributed by atoms with E-state index in [-0.39, 0.29) is 10.7 Å². The van der Waals surface area contributed by atoms with E-state index in [1.807, 2.05) is 0 Å². The number of benzene rings is 1. The maximum Gasteiger partial charge on any atom is 0.416 e. The van der Waals surface area contributed by atoms with Crippen molar-refractivity contribution in [3.05, 3.63) is 60.7 Å². The number of pyridine rings is 1. The van der Waals surface area contributed by atoms with Crippen LogP contribution in [-0.4, -0.2) is 33.0 Å². The van der Waals surface area contributed by atoms with Gasteiger partial charge in [-0.2, -0.15) is 23.4 Å². The molecule has 0 radical (unpaired) electrons. The second-order valence-electron chi connectivity index (χ2n) is 6.17. The topological polar surface area (TPSA) is 94.7 Å². The molecule has 29 heavy (non-hydrogen) atoms. The lowest BCUT2D eigenvalue weighted by atomic mass is 10.2. The lowest BCUT2D eigenvalue weighted by Gasteiger charge is -2.08. The van der Waals surface area contributed by atoms with Gasteiger partial charge >= 0.3 is 6.18 Å². The van der Waals surface area contributed by atoms with Crippen molar-refractivity contribution < 1.29 is 21.6 Å². The molecule has 4 aromatic rings. The number of hydrogen-bond donors (Lipinski definition) is 1. The molecule has 0 aliphatic rings. The Morgan fingerprint density at radius 2 is 1.86 bits per heavy atom. The molecule has 0 aliphatic carbocycles. The molecule has 0 spiro atoms. The molecule has 8 nitrogen and oxygen atoms in total. The molecule has 0 fully saturated rings. The second kappa shape index (κ2) is 6.58. The van der Waals surface area contributed by atoms with Crippen molar-refractivity contribution in [1.29, 1.82) is 0 Å². The predicted octanol–water partition coefficient (Wildman–Crippen LogP) is 2.97. The summed E-state index contributed by atoms with van der Waals surface area (Å²) in [5.41, 5.74) is 0.130. The van der Waals surface area contributed by atoms with E-state index in [2.05, 4.69) is 19.9 Å². The average molecular weight is 422 g/mol. The van der Waals surface area contributed by atoms with Gasteiger partial charge in [-0.05, 0) is 30.3 Å². The predicted molar refractivity (Wildman–Crippen MR) is 97.9 cm³/mol. The lowest BCUT2D eigenvalue weighted by Crippen LogP contribution is -2.12. The number of hydrogen-bond acceptors (Lipinski definition) is 5. The summed E-state index contributed by atoms with van der Waals surface area (Å²) in [5, 5.41) is 8.76. The molecule has 0 saturated carbocycles. The quantitative estimate of drug-likeness (QED) is 0.546. The number of nitrogens with zero attached hydrogens (tertiary/aromatic N) is 5. The van der Waals surface area contributed by atoms with Crippen LogP contribution in [0.25, 0.3) is 16.7 Å². The summed E-state index contributed by atoms with van der Waals surface area (Å²) in [6.45, 7) is 0. The number of aryl methyl sites for hydroxylation is 1. The third-order valence-corrected chi connectivity index (χ3v) is 5.51. The van der Waals surface area contributed by atoms with Gasteiger partial charge in [0.05, 0.1) is 35.4 Å². The van der Waals surface area contributed by atoms with Crippen molar-refractivity contribution >= 4 is 26.6 Å². The Labute approximate surface area is 162 Å². The van der Waals surface area contributed by atoms with Gasteiger partial charge in [-0.1, -0.05) is 0 Å². The molecule has 150 valence electrons. The summed E-state index contributed by atoms with van der Waals surface area (Å²) in [7, 11) is -2.29. The van der Waals surface area contributed by atoms with Crippen LogP contribution in [0.5, 0.6) is 0 Å². The summed E-state index contributed by atoms with van der Waals surface area (Å²) in [6, 6.07) is 6.53. The number of sulfonamides is 1. The van der Waals surface area contributed by atoms with Gasteiger partial charge in [-0.25, -0.2) is 18.1 Å². The van der Waals surface area contributed by atoms with Gasteiger partial charge in [0.2, 0.25) is 0 Å². The van der Waals surface area contributed by atoms with Crippen LogP contribution >= 0.6 is 0 Å². The smallest absolute Gasteiger partial charge is 0.279 e. The molecular formula is C17H13F3N6O2S.